The fourth-order valence-electron chi connectivity index (χ4n) is 4.66. The number of aromatic nitrogens is 1. The van der Waals surface area contributed by atoms with E-state index >= 15 is 0 Å². The lowest BCUT2D eigenvalue weighted by atomic mass is 9.80. The highest BCUT2D eigenvalue weighted by molar-refractivity contribution is 8.00. The zero-order chi connectivity index (χ0) is 19.6. The molecule has 1 saturated carbocycles. The normalized spacial score (nSPS) is 28.1. The van der Waals surface area contributed by atoms with Crippen molar-refractivity contribution in [1.82, 2.24) is 9.88 Å². The molecule has 3 aliphatic rings. The standard InChI is InChI=1S/C21H29F3N2OS/c22-21(23,24)17-3-1-16(2-4-17)19-6-5-18(13-25-19)27-12-11-26-9-7-20(8-10-26)14-28-15-20/h5-6,13,16-17H,1-4,7-12,14-15H2/t16-,17+. The van der Waals surface area contributed by atoms with E-state index in [1.54, 1.807) is 6.20 Å². The molecular formula is C21H29F3N2OS. The second kappa shape index (κ2) is 8.42. The molecule has 2 saturated heterocycles. The molecule has 1 spiro atoms. The summed E-state index contributed by atoms with van der Waals surface area (Å²) in [5.74, 6) is 2.43. The maximum Gasteiger partial charge on any atom is 0.391 e. The first-order chi connectivity index (χ1) is 13.4. The number of halogens is 3. The number of hydrogen-bond donors (Lipinski definition) is 0. The Morgan fingerprint density at radius 1 is 1.11 bits per heavy atom. The predicted octanol–water partition coefficient (Wildman–Crippen LogP) is 5.13. The van der Waals surface area contributed by atoms with E-state index in [0.717, 1.165) is 18.0 Å². The van der Waals surface area contributed by atoms with Gasteiger partial charge in [-0.3, -0.25) is 9.88 Å². The first kappa shape index (κ1) is 20.3. The van der Waals surface area contributed by atoms with E-state index in [0.29, 0.717) is 24.9 Å². The van der Waals surface area contributed by atoms with Crippen LogP contribution >= 0.6 is 11.8 Å². The van der Waals surface area contributed by atoms with Gasteiger partial charge in [-0.1, -0.05) is 0 Å². The second-order valence-corrected chi connectivity index (χ2v) is 9.68. The van der Waals surface area contributed by atoms with Gasteiger partial charge in [-0.2, -0.15) is 24.9 Å². The SMILES string of the molecule is FC(F)(F)[C@H]1CC[C@@H](c2ccc(OCCN3CCC4(CC3)CSC4)cn2)CC1. The Morgan fingerprint density at radius 2 is 1.82 bits per heavy atom. The number of ether oxygens (including phenoxy) is 1. The highest BCUT2D eigenvalue weighted by atomic mass is 32.2. The van der Waals surface area contributed by atoms with E-state index in [1.807, 2.05) is 12.1 Å². The Labute approximate surface area is 169 Å². The Kier molecular flexibility index (Phi) is 6.12. The first-order valence-corrected chi connectivity index (χ1v) is 11.5. The maximum absolute atomic E-state index is 12.8. The molecule has 0 bridgehead atoms. The minimum absolute atomic E-state index is 0.137. The minimum Gasteiger partial charge on any atom is -0.491 e. The van der Waals surface area contributed by atoms with Crippen molar-refractivity contribution < 1.29 is 17.9 Å². The van der Waals surface area contributed by atoms with Crippen molar-refractivity contribution in [2.45, 2.75) is 50.6 Å². The number of pyridine rings is 1. The van der Waals surface area contributed by atoms with Crippen LogP contribution in [0.15, 0.2) is 18.3 Å². The fourth-order valence-corrected chi connectivity index (χ4v) is 6.02. The Balaban J connectivity index is 1.18. The summed E-state index contributed by atoms with van der Waals surface area (Å²) < 4.78 is 44.2. The third-order valence-electron chi connectivity index (χ3n) is 6.78. The molecule has 7 heteroatoms. The van der Waals surface area contributed by atoms with Gasteiger partial charge in [-0.15, -0.1) is 0 Å². The topological polar surface area (TPSA) is 25.4 Å². The molecule has 1 aromatic rings. The molecule has 2 aliphatic heterocycles. The van der Waals surface area contributed by atoms with Crippen molar-refractivity contribution in [3.63, 3.8) is 0 Å². The first-order valence-electron chi connectivity index (χ1n) is 10.4. The number of likely N-dealkylation sites (tertiary alicyclic amines) is 1. The molecule has 4 rings (SSSR count). The third-order valence-corrected chi connectivity index (χ3v) is 8.41. The Bertz CT molecular complexity index is 630. The van der Waals surface area contributed by atoms with E-state index in [4.69, 9.17) is 4.74 Å². The van der Waals surface area contributed by atoms with Gasteiger partial charge in [0, 0.05) is 18.2 Å². The van der Waals surface area contributed by atoms with Gasteiger partial charge in [0.25, 0.3) is 0 Å². The lowest BCUT2D eigenvalue weighted by Gasteiger charge is -2.47. The molecule has 1 aromatic heterocycles. The van der Waals surface area contributed by atoms with Crippen molar-refractivity contribution in [2.75, 3.05) is 37.7 Å². The van der Waals surface area contributed by atoms with E-state index in [9.17, 15) is 13.2 Å². The zero-order valence-electron chi connectivity index (χ0n) is 16.2. The fraction of sp³-hybridized carbons (Fsp3) is 0.762. The Morgan fingerprint density at radius 3 is 2.36 bits per heavy atom. The zero-order valence-corrected chi connectivity index (χ0v) is 17.0. The van der Waals surface area contributed by atoms with Crippen LogP contribution in [0.3, 0.4) is 0 Å². The molecule has 0 N–H and O–H groups in total. The number of piperidine rings is 1. The molecule has 28 heavy (non-hydrogen) atoms. The van der Waals surface area contributed by atoms with Crippen LogP contribution in [-0.4, -0.2) is 53.8 Å². The van der Waals surface area contributed by atoms with Gasteiger partial charge >= 0.3 is 6.18 Å². The van der Waals surface area contributed by atoms with Gasteiger partial charge < -0.3 is 4.74 Å². The average Bonchev–Trinajstić information content (AvgIpc) is 2.67. The molecule has 3 heterocycles. The molecule has 0 unspecified atom stereocenters. The van der Waals surface area contributed by atoms with E-state index < -0.39 is 12.1 Å². The average molecular weight is 415 g/mol. The molecule has 0 atom stereocenters. The van der Waals surface area contributed by atoms with E-state index in [1.165, 1.54) is 37.4 Å². The van der Waals surface area contributed by atoms with Crippen molar-refractivity contribution in [2.24, 2.45) is 11.3 Å². The highest BCUT2D eigenvalue weighted by Gasteiger charge is 2.42. The van der Waals surface area contributed by atoms with Crippen LogP contribution in [0.1, 0.15) is 50.1 Å². The summed E-state index contributed by atoms with van der Waals surface area (Å²) in [6.07, 6.45) is 1.84. The number of rotatable bonds is 5. The number of hydrogen-bond acceptors (Lipinski definition) is 4. The van der Waals surface area contributed by atoms with Crippen molar-refractivity contribution in [3.05, 3.63) is 24.0 Å². The molecule has 0 aromatic carbocycles. The summed E-state index contributed by atoms with van der Waals surface area (Å²) in [6.45, 7) is 3.93. The number of alkyl halides is 3. The van der Waals surface area contributed by atoms with Crippen LogP contribution < -0.4 is 4.74 Å². The highest BCUT2D eigenvalue weighted by Crippen LogP contribution is 2.46. The van der Waals surface area contributed by atoms with Crippen molar-refractivity contribution in [1.29, 1.82) is 0 Å². The number of thioether (sulfide) groups is 1. The van der Waals surface area contributed by atoms with Crippen LogP contribution in [-0.2, 0) is 0 Å². The summed E-state index contributed by atoms with van der Waals surface area (Å²) in [5, 5.41) is 0. The molecule has 0 amide bonds. The molecular weight excluding hydrogens is 385 g/mol. The van der Waals surface area contributed by atoms with Crippen molar-refractivity contribution in [3.8, 4) is 5.75 Å². The molecule has 1 aliphatic carbocycles. The third kappa shape index (κ3) is 4.78. The van der Waals surface area contributed by atoms with Gasteiger partial charge in [-0.05, 0) is 80.7 Å². The quantitative estimate of drug-likeness (QED) is 0.667. The summed E-state index contributed by atoms with van der Waals surface area (Å²) in [4.78, 5) is 6.95. The predicted molar refractivity (Wildman–Crippen MR) is 106 cm³/mol. The van der Waals surface area contributed by atoms with Crippen LogP contribution in [0.5, 0.6) is 5.75 Å². The largest absolute Gasteiger partial charge is 0.491 e. The van der Waals surface area contributed by atoms with Crippen molar-refractivity contribution >= 4 is 11.8 Å². The second-order valence-electron chi connectivity index (χ2n) is 8.69. The van der Waals surface area contributed by atoms with Crippen LogP contribution in [0, 0.1) is 11.3 Å². The van der Waals surface area contributed by atoms with Gasteiger partial charge in [0.15, 0.2) is 0 Å². The van der Waals surface area contributed by atoms with Crippen LogP contribution in [0.2, 0.25) is 0 Å². The molecule has 0 radical (unpaired) electrons. The van der Waals surface area contributed by atoms with E-state index in [2.05, 4.69) is 21.6 Å². The Hall–Kier alpha value is -0.950. The molecule has 3 nitrogen and oxygen atoms in total. The summed E-state index contributed by atoms with van der Waals surface area (Å²) in [6, 6.07) is 3.84. The minimum atomic E-state index is -4.05. The maximum atomic E-state index is 12.8. The monoisotopic (exact) mass is 414 g/mol. The summed E-state index contributed by atoms with van der Waals surface area (Å²) in [7, 11) is 0. The van der Waals surface area contributed by atoms with Gasteiger partial charge in [0.2, 0.25) is 0 Å². The summed E-state index contributed by atoms with van der Waals surface area (Å²) in [5.41, 5.74) is 1.54. The lowest BCUT2D eigenvalue weighted by Crippen LogP contribution is -2.47. The summed E-state index contributed by atoms with van der Waals surface area (Å²) >= 11 is 2.07. The van der Waals surface area contributed by atoms with Gasteiger partial charge in [0.1, 0.15) is 12.4 Å². The van der Waals surface area contributed by atoms with Gasteiger partial charge in [-0.25, -0.2) is 0 Å². The van der Waals surface area contributed by atoms with Gasteiger partial charge in [0.05, 0.1) is 12.1 Å². The number of nitrogens with zero attached hydrogens (tertiary/aromatic N) is 2. The van der Waals surface area contributed by atoms with Crippen LogP contribution in [0.4, 0.5) is 13.2 Å². The van der Waals surface area contributed by atoms with Crippen LogP contribution in [0.25, 0.3) is 0 Å². The smallest absolute Gasteiger partial charge is 0.391 e. The van der Waals surface area contributed by atoms with E-state index in [-0.39, 0.29) is 18.8 Å². The molecule has 156 valence electrons. The molecule has 3 fully saturated rings. The lowest BCUT2D eigenvalue weighted by molar-refractivity contribution is -0.182.